The minimum Gasteiger partial charge on any atom is -0.481 e. The van der Waals surface area contributed by atoms with Gasteiger partial charge >= 0.3 is 5.97 Å². The van der Waals surface area contributed by atoms with Crippen LogP contribution in [0.5, 0.6) is 0 Å². The molecule has 0 saturated carbocycles. The van der Waals surface area contributed by atoms with Gasteiger partial charge in [-0.15, -0.1) is 0 Å². The highest BCUT2D eigenvalue weighted by Gasteiger charge is 2.12. The van der Waals surface area contributed by atoms with Gasteiger partial charge in [0.25, 0.3) is 11.5 Å². The Balaban J connectivity index is 2.10. The number of carbonyl (C=O) groups is 2. The van der Waals surface area contributed by atoms with Crippen molar-refractivity contribution in [2.75, 3.05) is 6.54 Å². The first-order chi connectivity index (χ1) is 9.99. The molecule has 0 radical (unpaired) electrons. The van der Waals surface area contributed by atoms with Crippen LogP contribution in [0.3, 0.4) is 0 Å². The van der Waals surface area contributed by atoms with E-state index in [9.17, 15) is 14.4 Å². The summed E-state index contributed by atoms with van der Waals surface area (Å²) in [5.74, 6) is -1.85. The number of H-pyrrole nitrogens is 1. The minimum absolute atomic E-state index is 0.168. The van der Waals surface area contributed by atoms with Crippen molar-refractivity contribution in [2.24, 2.45) is 5.92 Å². The Morgan fingerprint density at radius 1 is 1.33 bits per heavy atom. The lowest BCUT2D eigenvalue weighted by Gasteiger charge is -2.08. The third kappa shape index (κ3) is 3.47. The van der Waals surface area contributed by atoms with Crippen LogP contribution >= 0.6 is 0 Å². The van der Waals surface area contributed by atoms with E-state index < -0.39 is 17.8 Å². The fourth-order valence-electron chi connectivity index (χ4n) is 1.95. The van der Waals surface area contributed by atoms with Crippen LogP contribution in [-0.4, -0.2) is 28.5 Å². The number of nitrogens with one attached hydrogen (secondary N) is 2. The molecule has 1 unspecified atom stereocenters. The molecule has 21 heavy (non-hydrogen) atoms. The molecule has 0 fully saturated rings. The van der Waals surface area contributed by atoms with Crippen molar-refractivity contribution in [2.45, 2.75) is 13.3 Å². The van der Waals surface area contributed by atoms with E-state index in [0.29, 0.717) is 17.2 Å². The fraction of sp³-hybridized carbons (Fsp3) is 0.267. The summed E-state index contributed by atoms with van der Waals surface area (Å²) in [4.78, 5) is 37.0. The van der Waals surface area contributed by atoms with Crippen LogP contribution < -0.4 is 10.9 Å². The van der Waals surface area contributed by atoms with Crippen LogP contribution in [0.4, 0.5) is 0 Å². The lowest BCUT2D eigenvalue weighted by molar-refractivity contribution is -0.141. The van der Waals surface area contributed by atoms with Crippen LogP contribution in [0, 0.1) is 5.92 Å². The predicted octanol–water partition coefficient (Wildman–Crippen LogP) is 1.37. The summed E-state index contributed by atoms with van der Waals surface area (Å²) in [5.41, 5.74) is -0.154. The molecule has 0 aliphatic carbocycles. The van der Waals surface area contributed by atoms with E-state index in [4.69, 9.17) is 5.11 Å². The lowest BCUT2D eigenvalue weighted by atomic mass is 10.1. The van der Waals surface area contributed by atoms with Gasteiger partial charge in [-0.25, -0.2) is 0 Å². The molecule has 3 N–H and O–H groups in total. The quantitative estimate of drug-likeness (QED) is 0.773. The van der Waals surface area contributed by atoms with Crippen molar-refractivity contribution in [1.29, 1.82) is 0 Å². The van der Waals surface area contributed by atoms with Crippen LogP contribution in [0.2, 0.25) is 0 Å². The summed E-state index contributed by atoms with van der Waals surface area (Å²) in [6, 6.07) is 8.59. The highest BCUT2D eigenvalue weighted by molar-refractivity contribution is 5.96. The molecule has 0 aliphatic rings. The topological polar surface area (TPSA) is 99.3 Å². The number of aromatic nitrogens is 1. The largest absolute Gasteiger partial charge is 0.481 e. The van der Waals surface area contributed by atoms with Gasteiger partial charge in [0.15, 0.2) is 0 Å². The lowest BCUT2D eigenvalue weighted by Crippen LogP contribution is -2.29. The summed E-state index contributed by atoms with van der Waals surface area (Å²) in [6.07, 6.45) is 0.332. The van der Waals surface area contributed by atoms with E-state index >= 15 is 0 Å². The number of hydrogen-bond donors (Lipinski definition) is 3. The SMILES string of the molecule is CC(CCNC(=O)c1cc2ccccc2c(=O)[nH]1)C(=O)O. The number of pyridine rings is 1. The third-order valence-corrected chi connectivity index (χ3v) is 3.28. The Bertz CT molecular complexity index is 736. The van der Waals surface area contributed by atoms with Crippen molar-refractivity contribution in [3.05, 3.63) is 46.4 Å². The average Bonchev–Trinajstić information content (AvgIpc) is 2.46. The molecule has 1 amide bonds. The normalized spacial score (nSPS) is 12.0. The smallest absolute Gasteiger partial charge is 0.306 e. The minimum atomic E-state index is -0.900. The Morgan fingerprint density at radius 3 is 2.76 bits per heavy atom. The first-order valence-corrected chi connectivity index (χ1v) is 6.62. The number of carbonyl (C=O) groups excluding carboxylic acids is 1. The average molecular weight is 288 g/mol. The van der Waals surface area contributed by atoms with Gasteiger partial charge < -0.3 is 15.4 Å². The Kier molecular flexibility index (Phi) is 4.37. The molecule has 1 aromatic heterocycles. The highest BCUT2D eigenvalue weighted by Crippen LogP contribution is 2.09. The number of carboxylic acid groups (broad SMARTS) is 1. The van der Waals surface area contributed by atoms with Gasteiger partial charge in [0.2, 0.25) is 0 Å². The number of rotatable bonds is 5. The molecule has 0 spiro atoms. The van der Waals surface area contributed by atoms with Gasteiger partial charge in [-0.1, -0.05) is 25.1 Å². The Hall–Kier alpha value is -2.63. The molecule has 6 heteroatoms. The maximum absolute atomic E-state index is 12.0. The Morgan fingerprint density at radius 2 is 2.05 bits per heavy atom. The number of aromatic amines is 1. The summed E-state index contributed by atoms with van der Waals surface area (Å²) in [6.45, 7) is 1.81. The molecule has 2 aromatic rings. The van der Waals surface area contributed by atoms with Crippen LogP contribution in [0.15, 0.2) is 35.1 Å². The van der Waals surface area contributed by atoms with Crippen molar-refractivity contribution < 1.29 is 14.7 Å². The van der Waals surface area contributed by atoms with E-state index in [1.54, 1.807) is 37.3 Å². The molecule has 110 valence electrons. The number of hydrogen-bond acceptors (Lipinski definition) is 3. The monoisotopic (exact) mass is 288 g/mol. The molecule has 2 rings (SSSR count). The molecule has 1 atom stereocenters. The van der Waals surface area contributed by atoms with Crippen molar-refractivity contribution in [3.63, 3.8) is 0 Å². The molecule has 0 saturated heterocycles. The summed E-state index contributed by atoms with van der Waals surface area (Å²) in [7, 11) is 0. The molecule has 1 aromatic carbocycles. The van der Waals surface area contributed by atoms with E-state index in [1.807, 2.05) is 0 Å². The second-order valence-corrected chi connectivity index (χ2v) is 4.88. The van der Waals surface area contributed by atoms with E-state index in [0.717, 1.165) is 0 Å². The van der Waals surface area contributed by atoms with E-state index in [2.05, 4.69) is 10.3 Å². The zero-order chi connectivity index (χ0) is 15.4. The number of aliphatic carboxylic acids is 1. The van der Waals surface area contributed by atoms with Crippen molar-refractivity contribution >= 4 is 22.6 Å². The predicted molar refractivity (Wildman–Crippen MR) is 78.3 cm³/mol. The maximum Gasteiger partial charge on any atom is 0.306 e. The highest BCUT2D eigenvalue weighted by atomic mass is 16.4. The number of amides is 1. The van der Waals surface area contributed by atoms with Gasteiger partial charge in [-0.05, 0) is 23.9 Å². The van der Waals surface area contributed by atoms with Gasteiger partial charge in [-0.2, -0.15) is 0 Å². The number of benzene rings is 1. The molecule has 0 aliphatic heterocycles. The van der Waals surface area contributed by atoms with E-state index in [-0.39, 0.29) is 17.8 Å². The van der Waals surface area contributed by atoms with Crippen LogP contribution in [-0.2, 0) is 4.79 Å². The van der Waals surface area contributed by atoms with Crippen molar-refractivity contribution in [1.82, 2.24) is 10.3 Å². The first kappa shape index (κ1) is 14.8. The first-order valence-electron chi connectivity index (χ1n) is 6.62. The molecular weight excluding hydrogens is 272 g/mol. The zero-order valence-electron chi connectivity index (χ0n) is 11.6. The Labute approximate surface area is 120 Å². The van der Waals surface area contributed by atoms with Gasteiger partial charge in [-0.3, -0.25) is 14.4 Å². The standard InChI is InChI=1S/C15H16N2O4/c1-9(15(20)21)6-7-16-14(19)12-8-10-4-2-3-5-11(10)13(18)17-12/h2-5,8-9H,6-7H2,1H3,(H,16,19)(H,17,18)(H,20,21). The summed E-state index contributed by atoms with van der Waals surface area (Å²) < 4.78 is 0. The summed E-state index contributed by atoms with van der Waals surface area (Å²) in [5, 5.41) is 12.6. The second-order valence-electron chi connectivity index (χ2n) is 4.88. The third-order valence-electron chi connectivity index (χ3n) is 3.28. The number of fused-ring (bicyclic) bond motifs is 1. The van der Waals surface area contributed by atoms with E-state index in [1.165, 1.54) is 0 Å². The van der Waals surface area contributed by atoms with Gasteiger partial charge in [0, 0.05) is 11.9 Å². The van der Waals surface area contributed by atoms with Gasteiger partial charge in [0.05, 0.1) is 5.92 Å². The molecule has 6 nitrogen and oxygen atoms in total. The van der Waals surface area contributed by atoms with Gasteiger partial charge in [0.1, 0.15) is 5.69 Å². The second kappa shape index (κ2) is 6.21. The number of carboxylic acids is 1. The molecule has 0 bridgehead atoms. The fourth-order valence-corrected chi connectivity index (χ4v) is 1.95. The van der Waals surface area contributed by atoms with Crippen LogP contribution in [0.25, 0.3) is 10.8 Å². The zero-order valence-corrected chi connectivity index (χ0v) is 11.6. The van der Waals surface area contributed by atoms with Crippen LogP contribution in [0.1, 0.15) is 23.8 Å². The molecular formula is C15H16N2O4. The van der Waals surface area contributed by atoms with Crippen molar-refractivity contribution in [3.8, 4) is 0 Å². The molecule has 1 heterocycles. The maximum atomic E-state index is 12.0. The summed E-state index contributed by atoms with van der Waals surface area (Å²) >= 11 is 0.